The van der Waals surface area contributed by atoms with Crippen molar-refractivity contribution in [1.82, 2.24) is 9.80 Å². The zero-order valence-corrected chi connectivity index (χ0v) is 19.9. The number of rotatable bonds is 4. The maximum Gasteiger partial charge on any atom is 0.260 e. The molecule has 1 aromatic rings. The zero-order chi connectivity index (χ0) is 21.8. The Morgan fingerprint density at radius 2 is 1.58 bits per heavy atom. The predicted molar refractivity (Wildman–Crippen MR) is 124 cm³/mol. The number of carbonyl (C=O) groups is 1. The van der Waals surface area contributed by atoms with Crippen LogP contribution < -0.4 is 4.74 Å². The highest BCUT2D eigenvalue weighted by atomic mass is 16.5. The van der Waals surface area contributed by atoms with Crippen LogP contribution in [-0.4, -0.2) is 53.5 Å². The third-order valence-electron chi connectivity index (χ3n) is 8.76. The summed E-state index contributed by atoms with van der Waals surface area (Å²) < 4.78 is 5.93. The Bertz CT molecular complexity index is 774. The summed E-state index contributed by atoms with van der Waals surface area (Å²) in [6, 6.07) is 9.00. The van der Waals surface area contributed by atoms with Crippen LogP contribution in [0.15, 0.2) is 24.3 Å². The van der Waals surface area contributed by atoms with E-state index in [1.165, 1.54) is 44.1 Å². The van der Waals surface area contributed by atoms with Crippen LogP contribution in [0.4, 0.5) is 0 Å². The molecule has 1 atom stereocenters. The highest BCUT2D eigenvalue weighted by molar-refractivity contribution is 5.78. The maximum atomic E-state index is 12.8. The van der Waals surface area contributed by atoms with Gasteiger partial charge >= 0.3 is 0 Å². The first-order valence-corrected chi connectivity index (χ1v) is 12.5. The monoisotopic (exact) mass is 424 g/mol. The molecule has 0 radical (unpaired) electrons. The van der Waals surface area contributed by atoms with E-state index in [1.807, 2.05) is 4.90 Å². The molecule has 1 aromatic carbocycles. The SMILES string of the molecule is C[C@@H]1CN(C(C)(C)C)CCN1C(=O)COc1ccc(C23CC4CC(CC(C4)C2)C3)cc1. The topological polar surface area (TPSA) is 32.8 Å². The smallest absolute Gasteiger partial charge is 0.260 e. The summed E-state index contributed by atoms with van der Waals surface area (Å²) in [5.74, 6) is 3.80. The lowest BCUT2D eigenvalue weighted by Gasteiger charge is -2.57. The minimum Gasteiger partial charge on any atom is -0.484 e. The number of nitrogens with zero attached hydrogens (tertiary/aromatic N) is 2. The van der Waals surface area contributed by atoms with Crippen molar-refractivity contribution in [2.75, 3.05) is 26.2 Å². The first kappa shape index (κ1) is 21.3. The van der Waals surface area contributed by atoms with Crippen molar-refractivity contribution in [2.45, 2.75) is 83.2 Å². The standard InChI is InChI=1S/C27H40N2O2/c1-19-17-28(26(2,3)4)9-10-29(19)25(30)18-31-24-7-5-23(6-8-24)27-14-20-11-21(15-27)13-22(12-20)16-27/h5-8,19-22H,9-18H2,1-4H3/t19-,20?,21?,22?,27?/m1/s1. The Morgan fingerprint density at radius 1 is 1.00 bits per heavy atom. The molecular formula is C27H40N2O2. The van der Waals surface area contributed by atoms with Crippen molar-refractivity contribution in [2.24, 2.45) is 17.8 Å². The Hall–Kier alpha value is -1.55. The summed E-state index contributed by atoms with van der Waals surface area (Å²) in [6.07, 6.45) is 8.59. The molecule has 6 rings (SSSR count). The van der Waals surface area contributed by atoms with Crippen LogP contribution in [0.1, 0.15) is 71.8 Å². The summed E-state index contributed by atoms with van der Waals surface area (Å²) in [7, 11) is 0. The lowest BCUT2D eigenvalue weighted by atomic mass is 9.48. The van der Waals surface area contributed by atoms with Crippen molar-refractivity contribution in [3.8, 4) is 5.75 Å². The van der Waals surface area contributed by atoms with Crippen molar-refractivity contribution >= 4 is 5.91 Å². The van der Waals surface area contributed by atoms with Gasteiger partial charge in [-0.25, -0.2) is 0 Å². The number of piperazine rings is 1. The molecule has 1 saturated heterocycles. The third-order valence-corrected chi connectivity index (χ3v) is 8.76. The van der Waals surface area contributed by atoms with E-state index in [0.29, 0.717) is 5.41 Å². The number of ether oxygens (including phenoxy) is 1. The third kappa shape index (κ3) is 4.13. The Labute approximate surface area is 188 Å². The molecule has 5 fully saturated rings. The maximum absolute atomic E-state index is 12.8. The largest absolute Gasteiger partial charge is 0.484 e. The van der Waals surface area contributed by atoms with Gasteiger partial charge in [-0.05, 0) is 107 Å². The van der Waals surface area contributed by atoms with Gasteiger partial charge in [-0.15, -0.1) is 0 Å². The molecule has 0 N–H and O–H groups in total. The first-order valence-electron chi connectivity index (χ1n) is 12.5. The van der Waals surface area contributed by atoms with E-state index in [2.05, 4.69) is 56.9 Å². The van der Waals surface area contributed by atoms with E-state index in [4.69, 9.17) is 4.74 Å². The summed E-state index contributed by atoms with van der Waals surface area (Å²) in [5, 5.41) is 0. The molecule has 4 saturated carbocycles. The number of hydrogen-bond donors (Lipinski definition) is 0. The highest BCUT2D eigenvalue weighted by Crippen LogP contribution is 2.60. The minimum absolute atomic E-state index is 0.103. The van der Waals surface area contributed by atoms with Crippen molar-refractivity contribution < 1.29 is 9.53 Å². The second kappa shape index (κ2) is 7.79. The van der Waals surface area contributed by atoms with Crippen molar-refractivity contribution in [1.29, 1.82) is 0 Å². The average Bonchev–Trinajstić information content (AvgIpc) is 2.70. The molecule has 0 spiro atoms. The van der Waals surface area contributed by atoms with Crippen LogP contribution in [0.3, 0.4) is 0 Å². The molecular weight excluding hydrogens is 384 g/mol. The van der Waals surface area contributed by atoms with Gasteiger partial charge in [0.15, 0.2) is 6.61 Å². The molecule has 1 heterocycles. The summed E-state index contributed by atoms with van der Waals surface area (Å²) >= 11 is 0. The molecule has 4 heteroatoms. The number of benzene rings is 1. The molecule has 1 aliphatic heterocycles. The van der Waals surface area contributed by atoms with Gasteiger partial charge in [0.25, 0.3) is 5.91 Å². The van der Waals surface area contributed by atoms with Gasteiger partial charge in [0, 0.05) is 31.2 Å². The van der Waals surface area contributed by atoms with Gasteiger partial charge in [0.05, 0.1) is 0 Å². The van der Waals surface area contributed by atoms with Crippen LogP contribution in [0.5, 0.6) is 5.75 Å². The normalized spacial score (nSPS) is 35.4. The van der Waals surface area contributed by atoms with Gasteiger partial charge in [0.1, 0.15) is 5.75 Å². The Balaban J connectivity index is 1.17. The van der Waals surface area contributed by atoms with E-state index in [-0.39, 0.29) is 24.1 Å². The van der Waals surface area contributed by atoms with E-state index in [0.717, 1.165) is 43.1 Å². The molecule has 4 bridgehead atoms. The lowest BCUT2D eigenvalue weighted by molar-refractivity contribution is -0.139. The number of carbonyl (C=O) groups excluding carboxylic acids is 1. The minimum atomic E-state index is 0.103. The highest BCUT2D eigenvalue weighted by Gasteiger charge is 2.51. The Kier molecular flexibility index (Phi) is 5.36. The Morgan fingerprint density at radius 3 is 2.10 bits per heavy atom. The van der Waals surface area contributed by atoms with Gasteiger partial charge in [-0.3, -0.25) is 9.69 Å². The van der Waals surface area contributed by atoms with E-state index in [1.54, 1.807) is 0 Å². The van der Waals surface area contributed by atoms with Crippen molar-refractivity contribution in [3.05, 3.63) is 29.8 Å². The molecule has 4 aliphatic carbocycles. The zero-order valence-electron chi connectivity index (χ0n) is 19.9. The molecule has 5 aliphatic rings. The molecule has 1 amide bonds. The van der Waals surface area contributed by atoms with Gasteiger partial charge < -0.3 is 9.64 Å². The van der Waals surface area contributed by atoms with Crippen LogP contribution in [-0.2, 0) is 10.2 Å². The fourth-order valence-electron chi connectivity index (χ4n) is 7.53. The molecule has 0 unspecified atom stereocenters. The van der Waals surface area contributed by atoms with Crippen molar-refractivity contribution in [3.63, 3.8) is 0 Å². The molecule has 31 heavy (non-hydrogen) atoms. The fourth-order valence-corrected chi connectivity index (χ4v) is 7.53. The molecule has 4 nitrogen and oxygen atoms in total. The van der Waals surface area contributed by atoms with Crippen LogP contribution >= 0.6 is 0 Å². The quantitative estimate of drug-likeness (QED) is 0.692. The molecule has 170 valence electrons. The van der Waals surface area contributed by atoms with Gasteiger partial charge in [-0.1, -0.05) is 12.1 Å². The van der Waals surface area contributed by atoms with Gasteiger partial charge in [-0.2, -0.15) is 0 Å². The second-order valence-corrected chi connectivity index (χ2v) is 12.1. The van der Waals surface area contributed by atoms with Crippen LogP contribution in [0, 0.1) is 17.8 Å². The second-order valence-electron chi connectivity index (χ2n) is 12.1. The number of amides is 1. The van der Waals surface area contributed by atoms with Crippen LogP contribution in [0.2, 0.25) is 0 Å². The first-order chi connectivity index (χ1) is 14.7. The number of hydrogen-bond acceptors (Lipinski definition) is 3. The molecule has 0 aromatic heterocycles. The summed E-state index contributed by atoms with van der Waals surface area (Å²) in [4.78, 5) is 17.3. The van der Waals surface area contributed by atoms with E-state index in [9.17, 15) is 4.79 Å². The van der Waals surface area contributed by atoms with E-state index < -0.39 is 0 Å². The summed E-state index contributed by atoms with van der Waals surface area (Å²) in [5.41, 5.74) is 2.08. The fraction of sp³-hybridized carbons (Fsp3) is 0.741. The average molecular weight is 425 g/mol. The van der Waals surface area contributed by atoms with Crippen LogP contribution in [0.25, 0.3) is 0 Å². The lowest BCUT2D eigenvalue weighted by Crippen LogP contribution is -2.59. The summed E-state index contributed by atoms with van der Waals surface area (Å²) in [6.45, 7) is 11.7. The van der Waals surface area contributed by atoms with E-state index >= 15 is 0 Å². The predicted octanol–water partition coefficient (Wildman–Crippen LogP) is 4.86. The van der Waals surface area contributed by atoms with Gasteiger partial charge in [0.2, 0.25) is 0 Å².